The Hall–Kier alpha value is -1.29. The Morgan fingerprint density at radius 2 is 1.95 bits per heavy atom. The second-order valence-electron chi connectivity index (χ2n) is 5.79. The number of aromatic nitrogens is 1. The van der Waals surface area contributed by atoms with Crippen LogP contribution in [0.5, 0.6) is 0 Å². The van der Waals surface area contributed by atoms with Crippen LogP contribution in [0.3, 0.4) is 0 Å². The van der Waals surface area contributed by atoms with E-state index in [1.165, 1.54) is 0 Å². The second-order valence-corrected chi connectivity index (χ2v) is 5.79. The summed E-state index contributed by atoms with van der Waals surface area (Å²) in [6.45, 7) is 12.6. The zero-order valence-corrected chi connectivity index (χ0v) is 13.7. The van der Waals surface area contributed by atoms with E-state index in [4.69, 9.17) is 4.74 Å². The van der Waals surface area contributed by atoms with Crippen molar-refractivity contribution >= 4 is 11.5 Å². The SMILES string of the molecule is CCN(CC)c1ccc(NC(C)CC(C)(C)OC)cn1. The molecular weight excluding hydrogens is 250 g/mol. The zero-order valence-electron chi connectivity index (χ0n) is 13.7. The van der Waals surface area contributed by atoms with Crippen molar-refractivity contribution in [3.8, 4) is 0 Å². The van der Waals surface area contributed by atoms with Gasteiger partial charge in [-0.15, -0.1) is 0 Å². The molecule has 0 saturated heterocycles. The molecule has 0 aromatic carbocycles. The van der Waals surface area contributed by atoms with Crippen LogP contribution in [0.1, 0.15) is 41.0 Å². The number of anilines is 2. The number of nitrogens with zero attached hydrogens (tertiary/aromatic N) is 2. The normalized spacial score (nSPS) is 13.1. The maximum Gasteiger partial charge on any atom is 0.128 e. The van der Waals surface area contributed by atoms with Crippen LogP contribution in [0.25, 0.3) is 0 Å². The number of pyridine rings is 1. The van der Waals surface area contributed by atoms with E-state index in [1.54, 1.807) is 7.11 Å². The van der Waals surface area contributed by atoms with E-state index in [-0.39, 0.29) is 5.60 Å². The van der Waals surface area contributed by atoms with Crippen molar-refractivity contribution in [2.24, 2.45) is 0 Å². The van der Waals surface area contributed by atoms with Crippen LogP contribution in [0, 0.1) is 0 Å². The molecule has 0 bridgehead atoms. The summed E-state index contributed by atoms with van der Waals surface area (Å²) >= 11 is 0. The van der Waals surface area contributed by atoms with Gasteiger partial charge in [0.1, 0.15) is 5.82 Å². The first-order valence-corrected chi connectivity index (χ1v) is 7.44. The second kappa shape index (κ2) is 7.48. The molecule has 1 aromatic rings. The fourth-order valence-electron chi connectivity index (χ4n) is 2.36. The van der Waals surface area contributed by atoms with Crippen LogP contribution in [0.4, 0.5) is 11.5 Å². The molecule has 0 amide bonds. The molecule has 1 rings (SSSR count). The van der Waals surface area contributed by atoms with E-state index in [0.717, 1.165) is 31.0 Å². The van der Waals surface area contributed by atoms with E-state index in [9.17, 15) is 0 Å². The number of hydrogen-bond acceptors (Lipinski definition) is 4. The van der Waals surface area contributed by atoms with E-state index in [0.29, 0.717) is 6.04 Å². The molecule has 0 radical (unpaired) electrons. The molecule has 0 aliphatic carbocycles. The molecule has 0 aliphatic heterocycles. The van der Waals surface area contributed by atoms with E-state index in [2.05, 4.69) is 62.0 Å². The lowest BCUT2D eigenvalue weighted by molar-refractivity contribution is 0.0128. The largest absolute Gasteiger partial charge is 0.381 e. The summed E-state index contributed by atoms with van der Waals surface area (Å²) in [6.07, 6.45) is 2.85. The average Bonchev–Trinajstić information content (AvgIpc) is 2.41. The van der Waals surface area contributed by atoms with Crippen LogP contribution in [0.2, 0.25) is 0 Å². The molecule has 1 atom stereocenters. The summed E-state index contributed by atoms with van der Waals surface area (Å²) in [5.74, 6) is 1.03. The maximum atomic E-state index is 5.46. The Morgan fingerprint density at radius 1 is 1.30 bits per heavy atom. The van der Waals surface area contributed by atoms with Crippen molar-refractivity contribution in [3.63, 3.8) is 0 Å². The van der Waals surface area contributed by atoms with E-state index in [1.807, 2.05) is 6.20 Å². The molecule has 1 aromatic heterocycles. The molecule has 0 aliphatic rings. The molecule has 4 nitrogen and oxygen atoms in total. The molecule has 0 spiro atoms. The topological polar surface area (TPSA) is 37.4 Å². The third kappa shape index (κ3) is 5.00. The van der Waals surface area contributed by atoms with Gasteiger partial charge in [0.25, 0.3) is 0 Å². The summed E-state index contributed by atoms with van der Waals surface area (Å²) in [5.41, 5.74) is 0.946. The first-order chi connectivity index (χ1) is 9.41. The number of nitrogens with one attached hydrogen (secondary N) is 1. The number of rotatable bonds is 8. The standard InChI is InChI=1S/C16H29N3O/c1-7-19(8-2)15-10-9-14(12-17-15)18-13(3)11-16(4,5)20-6/h9-10,12-13,18H,7-8,11H2,1-6H3. The summed E-state index contributed by atoms with van der Waals surface area (Å²) in [5, 5.41) is 3.47. The van der Waals surface area contributed by atoms with Gasteiger partial charge in [-0.3, -0.25) is 0 Å². The van der Waals surface area contributed by atoms with Gasteiger partial charge in [0.2, 0.25) is 0 Å². The molecule has 114 valence electrons. The molecule has 1 N–H and O–H groups in total. The minimum absolute atomic E-state index is 0.110. The van der Waals surface area contributed by atoms with Gasteiger partial charge in [-0.05, 0) is 53.2 Å². The van der Waals surface area contributed by atoms with Gasteiger partial charge >= 0.3 is 0 Å². The van der Waals surface area contributed by atoms with Gasteiger partial charge in [0, 0.05) is 26.2 Å². The summed E-state index contributed by atoms with van der Waals surface area (Å²) in [6, 6.07) is 4.51. The molecular formula is C16H29N3O. The summed E-state index contributed by atoms with van der Waals surface area (Å²) in [4.78, 5) is 6.76. The van der Waals surface area contributed by atoms with Gasteiger partial charge in [-0.1, -0.05) is 0 Å². The van der Waals surface area contributed by atoms with Gasteiger partial charge in [-0.2, -0.15) is 0 Å². The van der Waals surface area contributed by atoms with Crippen LogP contribution < -0.4 is 10.2 Å². The monoisotopic (exact) mass is 279 g/mol. The molecule has 4 heteroatoms. The Kier molecular flexibility index (Phi) is 6.27. The number of ether oxygens (including phenoxy) is 1. The zero-order chi connectivity index (χ0) is 15.2. The van der Waals surface area contributed by atoms with Crippen LogP contribution in [-0.4, -0.2) is 36.8 Å². The lowest BCUT2D eigenvalue weighted by Crippen LogP contribution is -2.31. The molecule has 20 heavy (non-hydrogen) atoms. The van der Waals surface area contributed by atoms with Crippen LogP contribution in [-0.2, 0) is 4.74 Å². The first kappa shape index (κ1) is 16.8. The van der Waals surface area contributed by atoms with Gasteiger partial charge < -0.3 is 15.0 Å². The maximum absolute atomic E-state index is 5.46. The third-order valence-corrected chi connectivity index (χ3v) is 3.60. The van der Waals surface area contributed by atoms with Crippen LogP contribution >= 0.6 is 0 Å². The van der Waals surface area contributed by atoms with Gasteiger partial charge in [0.05, 0.1) is 17.5 Å². The third-order valence-electron chi connectivity index (χ3n) is 3.60. The fraction of sp³-hybridized carbons (Fsp3) is 0.688. The molecule has 1 unspecified atom stereocenters. The molecule has 0 saturated carbocycles. The Morgan fingerprint density at radius 3 is 2.40 bits per heavy atom. The van der Waals surface area contributed by atoms with Crippen molar-refractivity contribution in [1.29, 1.82) is 0 Å². The van der Waals surface area contributed by atoms with Crippen molar-refractivity contribution in [2.75, 3.05) is 30.4 Å². The summed E-state index contributed by atoms with van der Waals surface area (Å²) in [7, 11) is 1.76. The highest BCUT2D eigenvalue weighted by atomic mass is 16.5. The van der Waals surface area contributed by atoms with Gasteiger partial charge in [0.15, 0.2) is 0 Å². The van der Waals surface area contributed by atoms with Crippen molar-refractivity contribution in [3.05, 3.63) is 18.3 Å². The fourth-order valence-corrected chi connectivity index (χ4v) is 2.36. The van der Waals surface area contributed by atoms with Crippen molar-refractivity contribution < 1.29 is 4.74 Å². The molecule has 1 heterocycles. The lowest BCUT2D eigenvalue weighted by atomic mass is 10.00. The predicted octanol–water partition coefficient (Wildman–Crippen LogP) is 3.54. The predicted molar refractivity (Wildman–Crippen MR) is 86.6 cm³/mol. The Balaban J connectivity index is 2.61. The van der Waals surface area contributed by atoms with Crippen molar-refractivity contribution in [1.82, 2.24) is 4.98 Å². The number of hydrogen-bond donors (Lipinski definition) is 1. The smallest absolute Gasteiger partial charge is 0.128 e. The summed E-state index contributed by atoms with van der Waals surface area (Å²) < 4.78 is 5.46. The average molecular weight is 279 g/mol. The van der Waals surface area contributed by atoms with Gasteiger partial charge in [-0.25, -0.2) is 4.98 Å². The van der Waals surface area contributed by atoms with E-state index < -0.39 is 0 Å². The van der Waals surface area contributed by atoms with Crippen LogP contribution in [0.15, 0.2) is 18.3 Å². The highest BCUT2D eigenvalue weighted by Gasteiger charge is 2.20. The van der Waals surface area contributed by atoms with E-state index >= 15 is 0 Å². The number of methoxy groups -OCH3 is 1. The highest BCUT2D eigenvalue weighted by molar-refractivity contribution is 5.49. The lowest BCUT2D eigenvalue weighted by Gasteiger charge is -2.27. The minimum Gasteiger partial charge on any atom is -0.381 e. The quantitative estimate of drug-likeness (QED) is 0.789. The Labute approximate surface area is 123 Å². The minimum atomic E-state index is -0.110. The Bertz CT molecular complexity index is 385. The van der Waals surface area contributed by atoms with Crippen molar-refractivity contribution in [2.45, 2.75) is 52.7 Å². The highest BCUT2D eigenvalue weighted by Crippen LogP contribution is 2.19. The molecule has 0 fully saturated rings. The first-order valence-electron chi connectivity index (χ1n) is 7.44.